The lowest BCUT2D eigenvalue weighted by Crippen LogP contribution is -2.23. The zero-order valence-corrected chi connectivity index (χ0v) is 9.04. The summed E-state index contributed by atoms with van der Waals surface area (Å²) in [6.45, 7) is 0. The third-order valence-corrected chi connectivity index (χ3v) is 2.45. The van der Waals surface area contributed by atoms with Crippen LogP contribution in [0.15, 0.2) is 47.6 Å². The summed E-state index contributed by atoms with van der Waals surface area (Å²) in [6, 6.07) is 6.00. The number of rotatable bonds is 3. The van der Waals surface area contributed by atoms with Crippen LogP contribution in [0.3, 0.4) is 0 Å². The number of benzene rings is 1. The molecule has 1 aromatic rings. The molecule has 0 amide bonds. The van der Waals surface area contributed by atoms with Gasteiger partial charge in [-0.3, -0.25) is 5.84 Å². The molecule has 0 heterocycles. The molecular formula is C12H12F2N2O. The molecule has 0 aliphatic heterocycles. The average Bonchev–Trinajstić information content (AvgIpc) is 2.32. The van der Waals surface area contributed by atoms with E-state index in [4.69, 9.17) is 10.6 Å². The fourth-order valence-electron chi connectivity index (χ4n) is 1.56. The summed E-state index contributed by atoms with van der Waals surface area (Å²) in [5.74, 6) is 4.66. The Kier molecular flexibility index (Phi) is 3.39. The Hall–Kier alpha value is -1.88. The standard InChI is InChI=1S/C12H12F2N2O/c13-9-3-1-2-4-12(9)17-8-5-6-11(16-15)10(14)7-8/h1-4,7,16H,5-6,15H2. The molecule has 0 saturated carbocycles. The zero-order chi connectivity index (χ0) is 12.3. The van der Waals surface area contributed by atoms with Gasteiger partial charge in [0.05, 0.1) is 5.70 Å². The van der Waals surface area contributed by atoms with Crippen molar-refractivity contribution in [2.24, 2.45) is 5.84 Å². The Labute approximate surface area is 97.5 Å². The van der Waals surface area contributed by atoms with Crippen LogP contribution in [0.5, 0.6) is 5.75 Å². The molecule has 1 aliphatic carbocycles. The van der Waals surface area contributed by atoms with E-state index in [0.717, 1.165) is 0 Å². The fraction of sp³-hybridized carbons (Fsp3) is 0.167. The van der Waals surface area contributed by atoms with E-state index in [9.17, 15) is 8.78 Å². The van der Waals surface area contributed by atoms with Gasteiger partial charge in [-0.25, -0.2) is 8.78 Å². The van der Waals surface area contributed by atoms with E-state index in [1.54, 1.807) is 12.1 Å². The Bertz CT molecular complexity index is 483. The van der Waals surface area contributed by atoms with E-state index in [2.05, 4.69) is 5.43 Å². The van der Waals surface area contributed by atoms with Crippen LogP contribution in [0, 0.1) is 5.82 Å². The fourth-order valence-corrected chi connectivity index (χ4v) is 1.56. The maximum atomic E-state index is 13.4. The molecule has 0 atom stereocenters. The Balaban J connectivity index is 2.16. The van der Waals surface area contributed by atoms with Crippen molar-refractivity contribution < 1.29 is 13.5 Å². The zero-order valence-electron chi connectivity index (χ0n) is 9.04. The molecule has 0 unspecified atom stereocenters. The first-order chi connectivity index (χ1) is 8.20. The SMILES string of the molecule is NNC1=C(F)C=C(Oc2ccccc2F)CC1. The number of nitrogens with two attached hydrogens (primary N) is 1. The summed E-state index contributed by atoms with van der Waals surface area (Å²) in [6.07, 6.45) is 2.09. The van der Waals surface area contributed by atoms with Crippen molar-refractivity contribution in [2.75, 3.05) is 0 Å². The molecule has 1 aliphatic rings. The second-order valence-electron chi connectivity index (χ2n) is 3.61. The van der Waals surface area contributed by atoms with Crippen LogP contribution in [-0.2, 0) is 0 Å². The van der Waals surface area contributed by atoms with E-state index in [-0.39, 0.29) is 5.75 Å². The van der Waals surface area contributed by atoms with Gasteiger partial charge in [-0.15, -0.1) is 0 Å². The number of hydrogen-bond acceptors (Lipinski definition) is 3. The molecule has 0 aromatic heterocycles. The monoisotopic (exact) mass is 238 g/mol. The molecule has 0 radical (unpaired) electrons. The minimum atomic E-state index is -0.481. The molecule has 5 heteroatoms. The highest BCUT2D eigenvalue weighted by molar-refractivity contribution is 5.30. The molecule has 0 spiro atoms. The number of ether oxygens (including phenoxy) is 1. The predicted molar refractivity (Wildman–Crippen MR) is 59.8 cm³/mol. The number of halogens is 2. The minimum absolute atomic E-state index is 0.0932. The lowest BCUT2D eigenvalue weighted by atomic mass is 10.1. The first-order valence-corrected chi connectivity index (χ1v) is 5.19. The number of allylic oxidation sites excluding steroid dienone is 4. The normalized spacial score (nSPS) is 15.6. The first-order valence-electron chi connectivity index (χ1n) is 5.19. The molecule has 1 aromatic carbocycles. The highest BCUT2D eigenvalue weighted by atomic mass is 19.1. The lowest BCUT2D eigenvalue weighted by Gasteiger charge is -2.16. The summed E-state index contributed by atoms with van der Waals surface area (Å²) in [4.78, 5) is 0. The van der Waals surface area contributed by atoms with Crippen LogP contribution in [0.4, 0.5) is 8.78 Å². The van der Waals surface area contributed by atoms with Crippen molar-refractivity contribution in [3.05, 3.63) is 53.4 Å². The van der Waals surface area contributed by atoms with Crippen LogP contribution in [0.2, 0.25) is 0 Å². The van der Waals surface area contributed by atoms with Gasteiger partial charge in [0.25, 0.3) is 0 Å². The van der Waals surface area contributed by atoms with Crippen LogP contribution >= 0.6 is 0 Å². The average molecular weight is 238 g/mol. The second-order valence-corrected chi connectivity index (χ2v) is 3.61. The van der Waals surface area contributed by atoms with E-state index in [1.165, 1.54) is 18.2 Å². The number of hydrazine groups is 1. The van der Waals surface area contributed by atoms with Gasteiger partial charge < -0.3 is 10.2 Å². The van der Waals surface area contributed by atoms with Gasteiger partial charge >= 0.3 is 0 Å². The third-order valence-electron chi connectivity index (χ3n) is 2.45. The molecule has 0 fully saturated rings. The maximum Gasteiger partial charge on any atom is 0.165 e. The molecule has 2 rings (SSSR count). The maximum absolute atomic E-state index is 13.4. The smallest absolute Gasteiger partial charge is 0.165 e. The van der Waals surface area contributed by atoms with E-state index < -0.39 is 11.6 Å². The van der Waals surface area contributed by atoms with Gasteiger partial charge in [-0.05, 0) is 18.6 Å². The van der Waals surface area contributed by atoms with Crippen molar-refractivity contribution >= 4 is 0 Å². The summed E-state index contributed by atoms with van der Waals surface area (Å²) in [5.41, 5.74) is 2.60. The summed E-state index contributed by atoms with van der Waals surface area (Å²) >= 11 is 0. The third kappa shape index (κ3) is 2.62. The summed E-state index contributed by atoms with van der Waals surface area (Å²) in [7, 11) is 0. The van der Waals surface area contributed by atoms with Gasteiger partial charge in [-0.1, -0.05) is 12.1 Å². The quantitative estimate of drug-likeness (QED) is 0.628. The van der Waals surface area contributed by atoms with Crippen LogP contribution in [0.1, 0.15) is 12.8 Å². The summed E-state index contributed by atoms with van der Waals surface area (Å²) < 4.78 is 32.0. The second kappa shape index (κ2) is 4.97. The highest BCUT2D eigenvalue weighted by Crippen LogP contribution is 2.26. The minimum Gasteiger partial charge on any atom is -0.459 e. The van der Waals surface area contributed by atoms with E-state index in [1.807, 2.05) is 0 Å². The van der Waals surface area contributed by atoms with Gasteiger partial charge in [0.2, 0.25) is 0 Å². The molecule has 0 bridgehead atoms. The summed E-state index contributed by atoms with van der Waals surface area (Å²) in [5, 5.41) is 0. The van der Waals surface area contributed by atoms with Crippen LogP contribution < -0.4 is 16.0 Å². The van der Waals surface area contributed by atoms with Crippen molar-refractivity contribution in [1.82, 2.24) is 5.43 Å². The molecule has 3 nitrogen and oxygen atoms in total. The van der Waals surface area contributed by atoms with Crippen LogP contribution in [-0.4, -0.2) is 0 Å². The molecule has 90 valence electrons. The first kappa shape index (κ1) is 11.6. The van der Waals surface area contributed by atoms with Crippen molar-refractivity contribution in [3.8, 4) is 5.75 Å². The lowest BCUT2D eigenvalue weighted by molar-refractivity contribution is 0.369. The van der Waals surface area contributed by atoms with Crippen molar-refractivity contribution in [3.63, 3.8) is 0 Å². The molecule has 17 heavy (non-hydrogen) atoms. The topological polar surface area (TPSA) is 47.3 Å². The van der Waals surface area contributed by atoms with Gasteiger partial charge in [0.15, 0.2) is 11.6 Å². The van der Waals surface area contributed by atoms with Crippen LogP contribution in [0.25, 0.3) is 0 Å². The number of para-hydroxylation sites is 1. The number of nitrogens with one attached hydrogen (secondary N) is 1. The van der Waals surface area contributed by atoms with E-state index in [0.29, 0.717) is 24.3 Å². The molecular weight excluding hydrogens is 226 g/mol. The Morgan fingerprint density at radius 1 is 1.18 bits per heavy atom. The number of hydrogen-bond donors (Lipinski definition) is 2. The predicted octanol–water partition coefficient (Wildman–Crippen LogP) is 2.53. The largest absolute Gasteiger partial charge is 0.459 e. The van der Waals surface area contributed by atoms with Gasteiger partial charge in [0, 0.05) is 12.5 Å². The Morgan fingerprint density at radius 2 is 1.94 bits per heavy atom. The van der Waals surface area contributed by atoms with Gasteiger partial charge in [0.1, 0.15) is 11.6 Å². The highest BCUT2D eigenvalue weighted by Gasteiger charge is 2.15. The van der Waals surface area contributed by atoms with Gasteiger partial charge in [-0.2, -0.15) is 0 Å². The molecule has 0 saturated heterocycles. The van der Waals surface area contributed by atoms with E-state index >= 15 is 0 Å². The Morgan fingerprint density at radius 3 is 2.59 bits per heavy atom. The molecule has 3 N–H and O–H groups in total. The van der Waals surface area contributed by atoms with Crippen molar-refractivity contribution in [2.45, 2.75) is 12.8 Å². The van der Waals surface area contributed by atoms with Crippen molar-refractivity contribution in [1.29, 1.82) is 0 Å².